The van der Waals surface area contributed by atoms with Crippen LogP contribution in [0.1, 0.15) is 16.7 Å². The Balaban J connectivity index is 1.55. The predicted molar refractivity (Wildman–Crippen MR) is 128 cm³/mol. The van der Waals surface area contributed by atoms with Gasteiger partial charge in [0, 0.05) is 7.11 Å². The lowest BCUT2D eigenvalue weighted by atomic mass is 10.0. The molecule has 1 saturated heterocycles. The highest BCUT2D eigenvalue weighted by Gasteiger charge is 2.44. The maximum Gasteiger partial charge on any atom is 0.185 e. The Morgan fingerprint density at radius 2 is 1.12 bits per heavy atom. The molecule has 0 unspecified atom stereocenters. The summed E-state index contributed by atoms with van der Waals surface area (Å²) in [5.74, 6) is 0. The number of benzene rings is 3. The SMILES string of the molecule is CO[C@H]1OC[C@@H](OCc2ccccc2)[C@H](OCc2ccccc2)[C@@H](OCc2ccccc2)[C@@H]1O. The lowest BCUT2D eigenvalue weighted by molar-refractivity contribution is -0.209. The Hall–Kier alpha value is -2.58. The third-order valence-corrected chi connectivity index (χ3v) is 5.84. The smallest absolute Gasteiger partial charge is 0.185 e. The normalized spacial score (nSPS) is 25.1. The number of aliphatic hydroxyl groups is 1. The van der Waals surface area contributed by atoms with E-state index in [-0.39, 0.29) is 6.61 Å². The number of rotatable bonds is 10. The molecule has 1 aliphatic heterocycles. The first-order valence-corrected chi connectivity index (χ1v) is 11.5. The Morgan fingerprint density at radius 3 is 1.59 bits per heavy atom. The van der Waals surface area contributed by atoms with E-state index in [4.69, 9.17) is 23.7 Å². The van der Waals surface area contributed by atoms with E-state index in [9.17, 15) is 5.11 Å². The van der Waals surface area contributed by atoms with Gasteiger partial charge in [-0.25, -0.2) is 0 Å². The fourth-order valence-electron chi connectivity index (χ4n) is 4.00. The Kier molecular flexibility index (Phi) is 9.21. The first-order chi connectivity index (χ1) is 16.7. The molecule has 6 heteroatoms. The molecule has 0 aliphatic carbocycles. The lowest BCUT2D eigenvalue weighted by Crippen LogP contribution is -2.50. The van der Waals surface area contributed by atoms with E-state index >= 15 is 0 Å². The molecule has 1 fully saturated rings. The summed E-state index contributed by atoms with van der Waals surface area (Å²) in [5.41, 5.74) is 3.06. The van der Waals surface area contributed by atoms with Crippen molar-refractivity contribution in [1.29, 1.82) is 0 Å². The predicted octanol–water partition coefficient (Wildman–Crippen LogP) is 4.11. The van der Waals surface area contributed by atoms with Crippen molar-refractivity contribution in [3.8, 4) is 0 Å². The number of hydrogen-bond acceptors (Lipinski definition) is 6. The van der Waals surface area contributed by atoms with Crippen LogP contribution in [0, 0.1) is 0 Å². The maximum atomic E-state index is 11.1. The molecule has 180 valence electrons. The summed E-state index contributed by atoms with van der Waals surface area (Å²) < 4.78 is 30.2. The second kappa shape index (κ2) is 12.8. The molecule has 0 aromatic heterocycles. The van der Waals surface area contributed by atoms with E-state index in [0.717, 1.165) is 16.7 Å². The Morgan fingerprint density at radius 1 is 0.676 bits per heavy atom. The van der Waals surface area contributed by atoms with Crippen LogP contribution in [0.3, 0.4) is 0 Å². The summed E-state index contributed by atoms with van der Waals surface area (Å²) >= 11 is 0. The fraction of sp³-hybridized carbons (Fsp3) is 0.357. The average molecular weight is 465 g/mol. The van der Waals surface area contributed by atoms with E-state index in [0.29, 0.717) is 19.8 Å². The minimum atomic E-state index is -1.06. The zero-order chi connectivity index (χ0) is 23.6. The molecule has 0 bridgehead atoms. The van der Waals surface area contributed by atoms with Gasteiger partial charge in [-0.2, -0.15) is 0 Å². The first-order valence-electron chi connectivity index (χ1n) is 11.5. The zero-order valence-electron chi connectivity index (χ0n) is 19.4. The third kappa shape index (κ3) is 6.73. The van der Waals surface area contributed by atoms with Gasteiger partial charge in [-0.3, -0.25) is 0 Å². The van der Waals surface area contributed by atoms with Crippen LogP contribution in [-0.4, -0.2) is 49.5 Å². The lowest BCUT2D eigenvalue weighted by Gasteiger charge is -2.33. The van der Waals surface area contributed by atoms with E-state index in [1.807, 2.05) is 91.0 Å². The van der Waals surface area contributed by atoms with Crippen LogP contribution < -0.4 is 0 Å². The Labute approximate surface area is 201 Å². The maximum absolute atomic E-state index is 11.1. The standard InChI is InChI=1S/C28H32O6/c1-30-28-25(29)27(33-19-23-15-9-4-10-16-23)26(32-18-22-13-7-3-8-14-22)24(20-34-28)31-17-21-11-5-2-6-12-21/h2-16,24-29H,17-20H2,1H3/t24-,25+,26+,27+,28+/m1/s1. The second-order valence-electron chi connectivity index (χ2n) is 8.29. The molecule has 0 amide bonds. The zero-order valence-corrected chi connectivity index (χ0v) is 19.4. The molecule has 34 heavy (non-hydrogen) atoms. The minimum Gasteiger partial charge on any atom is -0.385 e. The molecule has 0 spiro atoms. The van der Waals surface area contributed by atoms with Crippen molar-refractivity contribution in [3.05, 3.63) is 108 Å². The van der Waals surface area contributed by atoms with E-state index in [1.165, 1.54) is 7.11 Å². The van der Waals surface area contributed by atoms with Crippen LogP contribution in [0.5, 0.6) is 0 Å². The molecule has 1 N–H and O–H groups in total. The van der Waals surface area contributed by atoms with Gasteiger partial charge in [0.2, 0.25) is 0 Å². The van der Waals surface area contributed by atoms with Crippen LogP contribution in [0.4, 0.5) is 0 Å². The van der Waals surface area contributed by atoms with Gasteiger partial charge in [-0.15, -0.1) is 0 Å². The molecule has 1 heterocycles. The van der Waals surface area contributed by atoms with Crippen LogP contribution in [0.15, 0.2) is 91.0 Å². The van der Waals surface area contributed by atoms with Gasteiger partial charge in [0.15, 0.2) is 6.29 Å². The van der Waals surface area contributed by atoms with Gasteiger partial charge in [0.25, 0.3) is 0 Å². The van der Waals surface area contributed by atoms with Crippen molar-refractivity contribution in [2.75, 3.05) is 13.7 Å². The summed E-state index contributed by atoms with van der Waals surface area (Å²) in [6.45, 7) is 1.26. The molecular weight excluding hydrogens is 432 g/mol. The molecule has 0 radical (unpaired) electrons. The topological polar surface area (TPSA) is 66.4 Å². The first kappa shape index (κ1) is 24.5. The van der Waals surface area contributed by atoms with E-state index in [2.05, 4.69) is 0 Å². The molecular formula is C28H32O6. The van der Waals surface area contributed by atoms with Crippen LogP contribution >= 0.6 is 0 Å². The molecule has 1 aliphatic rings. The van der Waals surface area contributed by atoms with Gasteiger partial charge in [-0.1, -0.05) is 91.0 Å². The largest absolute Gasteiger partial charge is 0.385 e. The summed E-state index contributed by atoms with van der Waals surface area (Å²) in [7, 11) is 1.51. The number of aliphatic hydroxyl groups excluding tert-OH is 1. The minimum absolute atomic E-state index is 0.201. The summed E-state index contributed by atoms with van der Waals surface area (Å²) in [6.07, 6.45) is -3.69. The second-order valence-corrected chi connectivity index (χ2v) is 8.29. The monoisotopic (exact) mass is 464 g/mol. The van der Waals surface area contributed by atoms with Gasteiger partial charge in [0.05, 0.1) is 26.4 Å². The van der Waals surface area contributed by atoms with Crippen molar-refractivity contribution in [1.82, 2.24) is 0 Å². The number of ether oxygens (including phenoxy) is 5. The highest BCUT2D eigenvalue weighted by atomic mass is 16.7. The van der Waals surface area contributed by atoms with Crippen LogP contribution in [0.2, 0.25) is 0 Å². The molecule has 6 nitrogen and oxygen atoms in total. The van der Waals surface area contributed by atoms with Gasteiger partial charge >= 0.3 is 0 Å². The van der Waals surface area contributed by atoms with Crippen LogP contribution in [0.25, 0.3) is 0 Å². The Bertz CT molecular complexity index is 952. The quantitative estimate of drug-likeness (QED) is 0.487. The van der Waals surface area contributed by atoms with Crippen molar-refractivity contribution in [3.63, 3.8) is 0 Å². The highest BCUT2D eigenvalue weighted by molar-refractivity contribution is 5.15. The molecule has 0 saturated carbocycles. The third-order valence-electron chi connectivity index (χ3n) is 5.84. The van der Waals surface area contributed by atoms with E-state index < -0.39 is 30.7 Å². The average Bonchev–Trinajstić information content (AvgIpc) is 3.02. The van der Waals surface area contributed by atoms with Gasteiger partial charge < -0.3 is 28.8 Å². The molecule has 3 aromatic rings. The van der Waals surface area contributed by atoms with E-state index in [1.54, 1.807) is 0 Å². The van der Waals surface area contributed by atoms with Gasteiger partial charge in [-0.05, 0) is 16.7 Å². The van der Waals surface area contributed by atoms with Crippen molar-refractivity contribution >= 4 is 0 Å². The highest BCUT2D eigenvalue weighted by Crippen LogP contribution is 2.26. The molecule has 5 atom stereocenters. The number of methoxy groups -OCH3 is 1. The summed E-state index contributed by atoms with van der Waals surface area (Å²) in [4.78, 5) is 0. The van der Waals surface area contributed by atoms with Crippen LogP contribution in [-0.2, 0) is 43.5 Å². The fourth-order valence-corrected chi connectivity index (χ4v) is 4.00. The van der Waals surface area contributed by atoms with Crippen molar-refractivity contribution < 1.29 is 28.8 Å². The summed E-state index contributed by atoms with van der Waals surface area (Å²) in [6, 6.07) is 29.7. The van der Waals surface area contributed by atoms with Crippen molar-refractivity contribution in [2.24, 2.45) is 0 Å². The van der Waals surface area contributed by atoms with Gasteiger partial charge in [0.1, 0.15) is 24.4 Å². The molecule has 3 aromatic carbocycles. The van der Waals surface area contributed by atoms with Crippen molar-refractivity contribution in [2.45, 2.75) is 50.5 Å². The summed E-state index contributed by atoms with van der Waals surface area (Å²) in [5, 5.41) is 11.1. The number of hydrogen-bond donors (Lipinski definition) is 1. The molecule has 4 rings (SSSR count).